The van der Waals surface area contributed by atoms with Crippen molar-refractivity contribution in [3.8, 4) is 5.69 Å². The third-order valence-corrected chi connectivity index (χ3v) is 4.71. The Kier molecular flexibility index (Phi) is 4.78. The molecule has 2 aromatic rings. The number of aromatic nitrogens is 2. The number of rotatable bonds is 5. The van der Waals surface area contributed by atoms with Gasteiger partial charge in [-0.1, -0.05) is 23.7 Å². The van der Waals surface area contributed by atoms with Crippen LogP contribution in [0.2, 0.25) is 5.02 Å². The van der Waals surface area contributed by atoms with Gasteiger partial charge in [-0.3, -0.25) is 4.79 Å². The molecule has 25 heavy (non-hydrogen) atoms. The van der Waals surface area contributed by atoms with Gasteiger partial charge in [-0.2, -0.15) is 9.78 Å². The van der Waals surface area contributed by atoms with Crippen LogP contribution in [0, 0.1) is 0 Å². The lowest BCUT2D eigenvalue weighted by Gasteiger charge is -2.36. The second kappa shape index (κ2) is 6.85. The van der Waals surface area contributed by atoms with Gasteiger partial charge >= 0.3 is 5.97 Å². The number of carbonyl (C=O) groups excluding carboxylic acids is 1. The fourth-order valence-corrected chi connectivity index (χ4v) is 2.89. The van der Waals surface area contributed by atoms with Gasteiger partial charge in [0, 0.05) is 6.54 Å². The molecule has 2 N–H and O–H groups in total. The lowest BCUT2D eigenvalue weighted by Crippen LogP contribution is -2.43. The van der Waals surface area contributed by atoms with Crippen LogP contribution in [-0.2, 0) is 4.74 Å². The van der Waals surface area contributed by atoms with Crippen LogP contribution in [0.25, 0.3) is 5.69 Å². The topological polar surface area (TPSA) is 93.5 Å². The molecule has 1 aliphatic rings. The van der Waals surface area contributed by atoms with Gasteiger partial charge in [0.05, 0.1) is 35.8 Å². The highest BCUT2D eigenvalue weighted by molar-refractivity contribution is 6.33. The zero-order valence-electron chi connectivity index (χ0n) is 13.7. The number of esters is 1. The van der Waals surface area contributed by atoms with Crippen molar-refractivity contribution in [1.29, 1.82) is 0 Å². The average molecular weight is 364 g/mol. The molecule has 1 aromatic heterocycles. The molecule has 1 saturated carbocycles. The van der Waals surface area contributed by atoms with E-state index >= 15 is 0 Å². The molecular formula is C17H18ClN3O4. The normalized spacial score (nSPS) is 15.3. The third kappa shape index (κ3) is 3.38. The van der Waals surface area contributed by atoms with E-state index in [0.29, 0.717) is 25.1 Å². The fraction of sp³-hybridized carbons (Fsp3) is 0.353. The Morgan fingerprint density at radius 1 is 1.44 bits per heavy atom. The molecule has 0 spiro atoms. The molecule has 8 heteroatoms. The molecule has 1 aliphatic carbocycles. The van der Waals surface area contributed by atoms with E-state index in [1.165, 1.54) is 13.3 Å². The first-order valence-electron chi connectivity index (χ1n) is 7.87. The first-order valence-corrected chi connectivity index (χ1v) is 8.25. The molecule has 1 fully saturated rings. The van der Waals surface area contributed by atoms with Gasteiger partial charge in [0.1, 0.15) is 5.02 Å². The van der Waals surface area contributed by atoms with E-state index < -0.39 is 17.1 Å². The van der Waals surface area contributed by atoms with Crippen LogP contribution in [0.4, 0.5) is 5.69 Å². The van der Waals surface area contributed by atoms with Gasteiger partial charge in [-0.15, -0.1) is 0 Å². The number of para-hydroxylation sites is 1. The van der Waals surface area contributed by atoms with E-state index in [1.54, 1.807) is 24.3 Å². The largest absolute Gasteiger partial charge is 0.465 e. The molecule has 0 saturated heterocycles. The fourth-order valence-electron chi connectivity index (χ4n) is 2.69. The molecule has 7 nitrogen and oxygen atoms in total. The molecular weight excluding hydrogens is 346 g/mol. The van der Waals surface area contributed by atoms with Crippen LogP contribution >= 0.6 is 11.6 Å². The number of aliphatic hydroxyl groups is 1. The number of benzene rings is 1. The number of nitrogens with one attached hydrogen (secondary N) is 1. The molecule has 0 amide bonds. The minimum atomic E-state index is -0.754. The minimum Gasteiger partial charge on any atom is -0.465 e. The lowest BCUT2D eigenvalue weighted by molar-refractivity contribution is -0.0202. The zero-order chi connectivity index (χ0) is 18.0. The second-order valence-electron chi connectivity index (χ2n) is 6.03. The van der Waals surface area contributed by atoms with E-state index in [-0.39, 0.29) is 16.3 Å². The first kappa shape index (κ1) is 17.4. The van der Waals surface area contributed by atoms with Gasteiger partial charge in [-0.25, -0.2) is 4.79 Å². The Hall–Kier alpha value is -2.38. The van der Waals surface area contributed by atoms with Crippen LogP contribution in [0.3, 0.4) is 0 Å². The minimum absolute atomic E-state index is 0.0578. The third-order valence-electron chi connectivity index (χ3n) is 4.35. The van der Waals surface area contributed by atoms with Crippen molar-refractivity contribution in [2.75, 3.05) is 19.0 Å². The average Bonchev–Trinajstić information content (AvgIpc) is 2.61. The Balaban J connectivity index is 1.93. The first-order chi connectivity index (χ1) is 11.9. The van der Waals surface area contributed by atoms with Gasteiger partial charge in [0.15, 0.2) is 0 Å². The number of carbonyl (C=O) groups is 1. The number of hydrogen-bond acceptors (Lipinski definition) is 6. The smallest absolute Gasteiger partial charge is 0.340 e. The molecule has 1 heterocycles. The van der Waals surface area contributed by atoms with Crippen molar-refractivity contribution in [2.24, 2.45) is 0 Å². The van der Waals surface area contributed by atoms with Crippen LogP contribution in [-0.4, -0.2) is 40.1 Å². The number of methoxy groups -OCH3 is 1. The summed E-state index contributed by atoms with van der Waals surface area (Å²) < 4.78 is 5.79. The number of halogens is 1. The molecule has 0 bridgehead atoms. The van der Waals surface area contributed by atoms with Crippen LogP contribution in [0.15, 0.2) is 35.3 Å². The summed E-state index contributed by atoms with van der Waals surface area (Å²) in [6, 6.07) is 6.47. The van der Waals surface area contributed by atoms with Crippen molar-refractivity contribution in [2.45, 2.75) is 24.9 Å². The maximum Gasteiger partial charge on any atom is 0.340 e. The molecule has 3 rings (SSSR count). The van der Waals surface area contributed by atoms with Crippen molar-refractivity contribution in [3.05, 3.63) is 51.4 Å². The number of hydrogen-bond donors (Lipinski definition) is 2. The van der Waals surface area contributed by atoms with Crippen molar-refractivity contribution in [3.63, 3.8) is 0 Å². The van der Waals surface area contributed by atoms with E-state index in [2.05, 4.69) is 10.4 Å². The van der Waals surface area contributed by atoms with Gasteiger partial charge < -0.3 is 15.2 Å². The van der Waals surface area contributed by atoms with Crippen LogP contribution in [0.5, 0.6) is 0 Å². The van der Waals surface area contributed by atoms with Crippen molar-refractivity contribution < 1.29 is 14.6 Å². The Morgan fingerprint density at radius 2 is 2.16 bits per heavy atom. The highest BCUT2D eigenvalue weighted by Crippen LogP contribution is 2.32. The predicted molar refractivity (Wildman–Crippen MR) is 93.5 cm³/mol. The van der Waals surface area contributed by atoms with Crippen LogP contribution in [0.1, 0.15) is 29.6 Å². The van der Waals surface area contributed by atoms with Crippen molar-refractivity contribution in [1.82, 2.24) is 9.78 Å². The Morgan fingerprint density at radius 3 is 2.80 bits per heavy atom. The van der Waals surface area contributed by atoms with Gasteiger partial charge in [0.25, 0.3) is 5.56 Å². The van der Waals surface area contributed by atoms with E-state index in [9.17, 15) is 14.7 Å². The summed E-state index contributed by atoms with van der Waals surface area (Å²) in [5.74, 6) is -0.574. The maximum absolute atomic E-state index is 12.6. The number of ether oxygens (including phenoxy) is 1. The molecule has 0 radical (unpaired) electrons. The summed E-state index contributed by atoms with van der Waals surface area (Å²) in [4.78, 5) is 24.5. The summed E-state index contributed by atoms with van der Waals surface area (Å²) >= 11 is 6.17. The van der Waals surface area contributed by atoms with Gasteiger partial charge in [-0.05, 0) is 31.4 Å². The molecule has 1 aromatic carbocycles. The SMILES string of the molecule is COC(=O)c1ccccc1-n1ncc(NCC2(O)CCC2)c(Cl)c1=O. The summed E-state index contributed by atoms with van der Waals surface area (Å²) in [7, 11) is 1.26. The molecule has 0 aliphatic heterocycles. The maximum atomic E-state index is 12.6. The van der Waals surface area contributed by atoms with Crippen LogP contribution < -0.4 is 10.9 Å². The highest BCUT2D eigenvalue weighted by atomic mass is 35.5. The van der Waals surface area contributed by atoms with E-state index in [1.807, 2.05) is 0 Å². The molecule has 0 unspecified atom stereocenters. The highest BCUT2D eigenvalue weighted by Gasteiger charge is 2.34. The molecule has 0 atom stereocenters. The lowest BCUT2D eigenvalue weighted by atomic mass is 9.80. The quantitative estimate of drug-likeness (QED) is 0.789. The second-order valence-corrected chi connectivity index (χ2v) is 6.41. The van der Waals surface area contributed by atoms with E-state index in [4.69, 9.17) is 16.3 Å². The number of anilines is 1. The summed E-state index contributed by atoms with van der Waals surface area (Å²) in [6.07, 6.45) is 3.82. The predicted octanol–water partition coefficient (Wildman–Crippen LogP) is 2.00. The summed E-state index contributed by atoms with van der Waals surface area (Å²) in [5.41, 5.74) is -0.483. The monoisotopic (exact) mass is 363 g/mol. The standard InChI is InChI=1S/C17H18ClN3O4/c1-25-16(23)11-5-2-3-6-13(11)21-15(22)14(18)12(9-20-21)19-10-17(24)7-4-8-17/h2-3,5-6,9,19,24H,4,7-8,10H2,1H3. The summed E-state index contributed by atoms with van der Waals surface area (Å²) in [6.45, 7) is 0.302. The zero-order valence-corrected chi connectivity index (χ0v) is 14.4. The Labute approximate surface area is 149 Å². The molecule has 132 valence electrons. The summed E-state index contributed by atoms with van der Waals surface area (Å²) in [5, 5.41) is 17.1. The van der Waals surface area contributed by atoms with Gasteiger partial charge in [0.2, 0.25) is 0 Å². The Bertz CT molecular complexity index is 861. The van der Waals surface area contributed by atoms with E-state index in [0.717, 1.165) is 11.1 Å². The number of nitrogens with zero attached hydrogens (tertiary/aromatic N) is 2. The van der Waals surface area contributed by atoms with Crippen molar-refractivity contribution >= 4 is 23.3 Å².